The van der Waals surface area contributed by atoms with Crippen molar-refractivity contribution in [3.63, 3.8) is 0 Å². The highest BCUT2D eigenvalue weighted by atomic mass is 35.5. The number of phenolic OH excluding ortho intramolecular Hbond substituents is 1. The van der Waals surface area contributed by atoms with Crippen LogP contribution in [0.5, 0.6) is 5.75 Å². The zero-order valence-corrected chi connectivity index (χ0v) is 11.1. The topological polar surface area (TPSA) is 75.3 Å². The summed E-state index contributed by atoms with van der Waals surface area (Å²) in [6.45, 7) is 0.0581. The first-order chi connectivity index (χ1) is 9.49. The van der Waals surface area contributed by atoms with E-state index in [2.05, 4.69) is 5.32 Å². The lowest BCUT2D eigenvalue weighted by atomic mass is 10.1. The predicted octanol–water partition coefficient (Wildman–Crippen LogP) is 2.70. The standard InChI is InChI=1S/C14H12ClFN2O2/c15-13-10(2-1-3-11(13)16)14(20)18-7-8-6-9(17)4-5-12(8)19/h1-6,19H,7,17H2,(H,18,20). The van der Waals surface area contributed by atoms with Crippen molar-refractivity contribution in [1.82, 2.24) is 5.32 Å². The van der Waals surface area contributed by atoms with Crippen LogP contribution in [-0.4, -0.2) is 11.0 Å². The molecule has 0 saturated carbocycles. The number of nitrogens with two attached hydrogens (primary N) is 1. The molecule has 4 N–H and O–H groups in total. The van der Waals surface area contributed by atoms with Gasteiger partial charge in [0, 0.05) is 17.8 Å². The average Bonchev–Trinajstić information content (AvgIpc) is 2.42. The Hall–Kier alpha value is -2.27. The van der Waals surface area contributed by atoms with Crippen molar-refractivity contribution in [1.29, 1.82) is 0 Å². The Kier molecular flexibility index (Phi) is 4.10. The molecule has 0 aliphatic carbocycles. The van der Waals surface area contributed by atoms with Crippen molar-refractivity contribution < 1.29 is 14.3 Å². The Morgan fingerprint density at radius 1 is 1.35 bits per heavy atom. The van der Waals surface area contributed by atoms with Gasteiger partial charge < -0.3 is 16.2 Å². The zero-order chi connectivity index (χ0) is 14.7. The Bertz CT molecular complexity index is 662. The third-order valence-electron chi connectivity index (χ3n) is 2.74. The van der Waals surface area contributed by atoms with Gasteiger partial charge in [0.15, 0.2) is 0 Å². The maximum Gasteiger partial charge on any atom is 0.253 e. The highest BCUT2D eigenvalue weighted by molar-refractivity contribution is 6.34. The van der Waals surface area contributed by atoms with Crippen molar-refractivity contribution in [2.24, 2.45) is 0 Å². The molecule has 0 heterocycles. The number of carbonyl (C=O) groups excluding carboxylic acids is 1. The van der Waals surface area contributed by atoms with Gasteiger partial charge in [-0.2, -0.15) is 0 Å². The van der Waals surface area contributed by atoms with E-state index >= 15 is 0 Å². The van der Waals surface area contributed by atoms with Crippen LogP contribution in [0.25, 0.3) is 0 Å². The largest absolute Gasteiger partial charge is 0.508 e. The van der Waals surface area contributed by atoms with Gasteiger partial charge in [-0.05, 0) is 30.3 Å². The maximum atomic E-state index is 13.3. The van der Waals surface area contributed by atoms with E-state index in [0.717, 1.165) is 0 Å². The molecular formula is C14H12ClFN2O2. The fourth-order valence-corrected chi connectivity index (χ4v) is 1.91. The summed E-state index contributed by atoms with van der Waals surface area (Å²) in [6, 6.07) is 8.51. The second-order valence-corrected chi connectivity index (χ2v) is 4.55. The van der Waals surface area contributed by atoms with Gasteiger partial charge in [-0.3, -0.25) is 4.79 Å². The van der Waals surface area contributed by atoms with E-state index in [1.54, 1.807) is 12.1 Å². The quantitative estimate of drug-likeness (QED) is 0.602. The van der Waals surface area contributed by atoms with Crippen LogP contribution < -0.4 is 11.1 Å². The molecule has 0 atom stereocenters. The van der Waals surface area contributed by atoms with Gasteiger partial charge in [0.1, 0.15) is 11.6 Å². The fourth-order valence-electron chi connectivity index (χ4n) is 1.70. The molecule has 0 aliphatic rings. The summed E-state index contributed by atoms with van der Waals surface area (Å²) in [5.74, 6) is -1.17. The van der Waals surface area contributed by atoms with Gasteiger partial charge in [0.05, 0.1) is 10.6 Å². The van der Waals surface area contributed by atoms with Crippen LogP contribution in [0.3, 0.4) is 0 Å². The molecule has 104 valence electrons. The molecule has 2 rings (SSSR count). The molecule has 0 aromatic heterocycles. The maximum absolute atomic E-state index is 13.3. The number of hydrogen-bond acceptors (Lipinski definition) is 3. The summed E-state index contributed by atoms with van der Waals surface area (Å²) in [6.07, 6.45) is 0. The van der Waals surface area contributed by atoms with Crippen LogP contribution in [0.4, 0.5) is 10.1 Å². The lowest BCUT2D eigenvalue weighted by Crippen LogP contribution is -2.23. The minimum absolute atomic E-state index is 0.0184. The van der Waals surface area contributed by atoms with Gasteiger partial charge in [-0.1, -0.05) is 17.7 Å². The van der Waals surface area contributed by atoms with Gasteiger partial charge in [0.2, 0.25) is 0 Å². The molecule has 0 fully saturated rings. The van der Waals surface area contributed by atoms with Crippen molar-refractivity contribution in [3.8, 4) is 5.75 Å². The number of nitrogens with one attached hydrogen (secondary N) is 1. The number of phenols is 1. The minimum Gasteiger partial charge on any atom is -0.508 e. The van der Waals surface area contributed by atoms with Gasteiger partial charge in [0.25, 0.3) is 5.91 Å². The minimum atomic E-state index is -0.661. The Labute approximate surface area is 120 Å². The fraction of sp³-hybridized carbons (Fsp3) is 0.0714. The number of halogens is 2. The third kappa shape index (κ3) is 3.00. The van der Waals surface area contributed by atoms with Crippen molar-refractivity contribution in [2.45, 2.75) is 6.54 Å². The Morgan fingerprint density at radius 2 is 2.10 bits per heavy atom. The molecule has 1 amide bonds. The van der Waals surface area contributed by atoms with Crippen LogP contribution in [-0.2, 0) is 6.54 Å². The van der Waals surface area contributed by atoms with E-state index < -0.39 is 11.7 Å². The molecule has 0 radical (unpaired) electrons. The first-order valence-electron chi connectivity index (χ1n) is 5.78. The number of amides is 1. The first kappa shape index (κ1) is 14.1. The van der Waals surface area contributed by atoms with E-state index in [1.807, 2.05) is 0 Å². The summed E-state index contributed by atoms with van der Waals surface area (Å²) >= 11 is 5.72. The van der Waals surface area contributed by atoms with Crippen LogP contribution in [0.2, 0.25) is 5.02 Å². The van der Waals surface area contributed by atoms with Gasteiger partial charge in [-0.25, -0.2) is 4.39 Å². The van der Waals surface area contributed by atoms with E-state index in [4.69, 9.17) is 17.3 Å². The molecule has 0 unspecified atom stereocenters. The molecule has 0 spiro atoms. The summed E-state index contributed by atoms with van der Waals surface area (Å²) in [5.41, 5.74) is 6.56. The van der Waals surface area contributed by atoms with Crippen molar-refractivity contribution in [3.05, 3.63) is 58.4 Å². The van der Waals surface area contributed by atoms with Crippen LogP contribution >= 0.6 is 11.6 Å². The number of carbonyl (C=O) groups is 1. The smallest absolute Gasteiger partial charge is 0.253 e. The Balaban J connectivity index is 2.13. The highest BCUT2D eigenvalue weighted by Crippen LogP contribution is 2.21. The van der Waals surface area contributed by atoms with Crippen molar-refractivity contribution in [2.75, 3.05) is 5.73 Å². The highest BCUT2D eigenvalue weighted by Gasteiger charge is 2.13. The summed E-state index contributed by atoms with van der Waals surface area (Å²) in [7, 11) is 0. The molecule has 0 bridgehead atoms. The van der Waals surface area contributed by atoms with Crippen LogP contribution in [0.1, 0.15) is 15.9 Å². The predicted molar refractivity (Wildman–Crippen MR) is 75.1 cm³/mol. The number of benzene rings is 2. The summed E-state index contributed by atoms with van der Waals surface area (Å²) in [4.78, 5) is 11.9. The first-order valence-corrected chi connectivity index (χ1v) is 6.16. The number of aromatic hydroxyl groups is 1. The summed E-state index contributed by atoms with van der Waals surface area (Å²) < 4.78 is 13.3. The van der Waals surface area contributed by atoms with Crippen LogP contribution in [0.15, 0.2) is 36.4 Å². The SMILES string of the molecule is Nc1ccc(O)c(CNC(=O)c2cccc(F)c2Cl)c1. The molecule has 2 aromatic carbocycles. The van der Waals surface area contributed by atoms with E-state index in [1.165, 1.54) is 24.3 Å². The third-order valence-corrected chi connectivity index (χ3v) is 3.12. The second-order valence-electron chi connectivity index (χ2n) is 4.17. The lowest BCUT2D eigenvalue weighted by molar-refractivity contribution is 0.0950. The second kappa shape index (κ2) is 5.79. The lowest BCUT2D eigenvalue weighted by Gasteiger charge is -2.09. The average molecular weight is 295 g/mol. The van der Waals surface area contributed by atoms with Crippen LogP contribution in [0, 0.1) is 5.82 Å². The molecule has 20 heavy (non-hydrogen) atoms. The molecular weight excluding hydrogens is 283 g/mol. The zero-order valence-electron chi connectivity index (χ0n) is 10.4. The normalized spacial score (nSPS) is 10.3. The molecule has 0 saturated heterocycles. The molecule has 6 heteroatoms. The summed E-state index contributed by atoms with van der Waals surface area (Å²) in [5, 5.41) is 11.9. The number of hydrogen-bond donors (Lipinski definition) is 3. The van der Waals surface area contributed by atoms with Gasteiger partial charge in [-0.15, -0.1) is 0 Å². The van der Waals surface area contributed by atoms with E-state index in [9.17, 15) is 14.3 Å². The monoisotopic (exact) mass is 294 g/mol. The number of rotatable bonds is 3. The van der Waals surface area contributed by atoms with Crippen molar-refractivity contribution >= 4 is 23.2 Å². The van der Waals surface area contributed by atoms with E-state index in [-0.39, 0.29) is 22.9 Å². The molecule has 4 nitrogen and oxygen atoms in total. The molecule has 0 aliphatic heterocycles. The number of nitrogen functional groups attached to an aromatic ring is 1. The van der Waals surface area contributed by atoms with E-state index in [0.29, 0.717) is 11.3 Å². The molecule has 2 aromatic rings. The Morgan fingerprint density at radius 3 is 2.85 bits per heavy atom. The number of anilines is 1. The van der Waals surface area contributed by atoms with Gasteiger partial charge >= 0.3 is 0 Å².